The highest BCUT2D eigenvalue weighted by atomic mass is 35.5. The zero-order chi connectivity index (χ0) is 21.5. The van der Waals surface area contributed by atoms with Crippen molar-refractivity contribution < 1.29 is 24.2 Å². The first-order valence-corrected chi connectivity index (χ1v) is 9.43. The van der Waals surface area contributed by atoms with Crippen LogP contribution in [0, 0.1) is 25.0 Å². The van der Waals surface area contributed by atoms with Gasteiger partial charge < -0.3 is 10.3 Å². The molecule has 11 heteroatoms. The molecule has 1 aliphatic heterocycles. The van der Waals surface area contributed by atoms with E-state index in [0.29, 0.717) is 26.7 Å². The predicted molar refractivity (Wildman–Crippen MR) is 103 cm³/mol. The summed E-state index contributed by atoms with van der Waals surface area (Å²) in [5.74, 6) is -4.26. The number of hydrogen-bond acceptors (Lipinski definition) is 5. The summed E-state index contributed by atoms with van der Waals surface area (Å²) in [6, 6.07) is 3.54. The fourth-order valence-electron chi connectivity index (χ4n) is 3.53. The van der Waals surface area contributed by atoms with Gasteiger partial charge in [0, 0.05) is 23.9 Å². The van der Waals surface area contributed by atoms with E-state index < -0.39 is 29.7 Å². The van der Waals surface area contributed by atoms with Gasteiger partial charge in [-0.2, -0.15) is 0 Å². The number of aromatic nitrogens is 2. The number of nitrogens with zero attached hydrogens (tertiary/aromatic N) is 2. The van der Waals surface area contributed by atoms with E-state index >= 15 is 0 Å². The largest absolute Gasteiger partial charge is 0.711 e. The van der Waals surface area contributed by atoms with Gasteiger partial charge >= 0.3 is 6.03 Å². The molecule has 0 spiro atoms. The first-order chi connectivity index (χ1) is 13.7. The minimum absolute atomic E-state index is 0.0444. The summed E-state index contributed by atoms with van der Waals surface area (Å²) in [7, 11) is 0. The van der Waals surface area contributed by atoms with E-state index in [1.807, 2.05) is 0 Å². The molecule has 0 saturated carbocycles. The van der Waals surface area contributed by atoms with E-state index in [-0.39, 0.29) is 24.0 Å². The quantitative estimate of drug-likeness (QED) is 0.365. The molecule has 0 unspecified atom stereocenters. The second-order valence-corrected chi connectivity index (χ2v) is 7.47. The Morgan fingerprint density at radius 1 is 1.21 bits per heavy atom. The summed E-state index contributed by atoms with van der Waals surface area (Å²) in [6.45, 7) is 3.07. The zero-order valence-electron chi connectivity index (χ0n) is 15.5. The summed E-state index contributed by atoms with van der Waals surface area (Å²) in [5, 5.41) is 27.1. The van der Waals surface area contributed by atoms with Crippen LogP contribution in [0.5, 0.6) is 0 Å². The van der Waals surface area contributed by atoms with Crippen LogP contribution in [0.1, 0.15) is 28.7 Å². The maximum Gasteiger partial charge on any atom is 0.328 e. The fraction of sp³-hybridized carbons (Fsp3) is 0.333. The lowest BCUT2D eigenvalue weighted by molar-refractivity contribution is -0.621. The summed E-state index contributed by atoms with van der Waals surface area (Å²) in [6.07, 6.45) is 0. The zero-order valence-corrected chi connectivity index (χ0v) is 17.0. The van der Waals surface area contributed by atoms with Crippen molar-refractivity contribution in [3.05, 3.63) is 56.2 Å². The van der Waals surface area contributed by atoms with Crippen LogP contribution in [0.2, 0.25) is 10.0 Å². The average Bonchev–Trinajstić information content (AvgIpc) is 2.83. The number of rotatable bonds is 5. The average molecular weight is 441 g/mol. The lowest BCUT2D eigenvalue weighted by atomic mass is 9.83. The molecule has 1 aromatic carbocycles. The first-order valence-electron chi connectivity index (χ1n) is 8.68. The minimum atomic E-state index is -1.45. The minimum Gasteiger partial charge on any atom is -0.711 e. The van der Waals surface area contributed by atoms with Crippen molar-refractivity contribution in [2.45, 2.75) is 26.3 Å². The normalized spacial score (nSPS) is 16.0. The maximum atomic E-state index is 13.0. The number of barbiturate groups is 1. The highest BCUT2D eigenvalue weighted by Crippen LogP contribution is 2.38. The number of benzene rings is 1. The Balaban J connectivity index is 2.30. The smallest absolute Gasteiger partial charge is 0.328 e. The van der Waals surface area contributed by atoms with E-state index in [0.717, 1.165) is 0 Å². The van der Waals surface area contributed by atoms with Crippen LogP contribution in [0.4, 0.5) is 4.79 Å². The van der Waals surface area contributed by atoms with Gasteiger partial charge in [0.25, 0.3) is 5.82 Å². The van der Waals surface area contributed by atoms with Gasteiger partial charge in [-0.25, -0.2) is 14.1 Å². The molecule has 154 valence electrons. The third-order valence-electron chi connectivity index (χ3n) is 4.99. The highest BCUT2D eigenvalue weighted by Gasteiger charge is 2.47. The molecule has 0 radical (unpaired) electrons. The van der Waals surface area contributed by atoms with E-state index in [2.05, 4.69) is 10.6 Å². The summed E-state index contributed by atoms with van der Waals surface area (Å²) >= 11 is 12.3. The van der Waals surface area contributed by atoms with Crippen molar-refractivity contribution in [1.29, 1.82) is 0 Å². The Labute approximate surface area is 175 Å². The molecule has 1 fully saturated rings. The SMILES string of the molecule is Cc1c(C)[n+]([O-])c([C@@H](c2ccc(Cl)cc2Cl)C2C(=O)NC(=O)NC2=O)n1CCO. The summed E-state index contributed by atoms with van der Waals surface area (Å²) in [5.41, 5.74) is 1.21. The first kappa shape index (κ1) is 21.1. The molecule has 2 aromatic rings. The number of amides is 4. The Kier molecular flexibility index (Phi) is 5.83. The highest BCUT2D eigenvalue weighted by molar-refractivity contribution is 6.35. The van der Waals surface area contributed by atoms with Crippen LogP contribution in [-0.4, -0.2) is 34.1 Å². The number of aliphatic hydroxyl groups excluding tert-OH is 1. The van der Waals surface area contributed by atoms with Gasteiger partial charge in [-0.3, -0.25) is 20.2 Å². The summed E-state index contributed by atoms with van der Waals surface area (Å²) in [4.78, 5) is 36.8. The van der Waals surface area contributed by atoms with Crippen LogP contribution in [0.25, 0.3) is 0 Å². The van der Waals surface area contributed by atoms with Gasteiger partial charge in [-0.15, -0.1) is 0 Å². The Morgan fingerprint density at radius 2 is 1.83 bits per heavy atom. The molecule has 29 heavy (non-hydrogen) atoms. The molecule has 3 N–H and O–H groups in total. The van der Waals surface area contributed by atoms with Gasteiger partial charge in [0.05, 0.1) is 6.61 Å². The predicted octanol–water partition coefficient (Wildman–Crippen LogP) is 1.15. The van der Waals surface area contributed by atoms with E-state index in [4.69, 9.17) is 23.2 Å². The summed E-state index contributed by atoms with van der Waals surface area (Å²) < 4.78 is 2.15. The molecule has 1 atom stereocenters. The monoisotopic (exact) mass is 440 g/mol. The molecule has 1 aliphatic rings. The number of carbonyl (C=O) groups is 3. The van der Waals surface area contributed by atoms with Crippen molar-refractivity contribution in [3.8, 4) is 0 Å². The van der Waals surface area contributed by atoms with Gasteiger partial charge in [-0.05, 0) is 17.7 Å². The molecular weight excluding hydrogens is 423 g/mol. The van der Waals surface area contributed by atoms with Gasteiger partial charge in [-0.1, -0.05) is 29.3 Å². The van der Waals surface area contributed by atoms with Crippen LogP contribution in [0.3, 0.4) is 0 Å². The molecular formula is C18H18Cl2N4O5. The number of carbonyl (C=O) groups excluding carboxylic acids is 3. The second kappa shape index (κ2) is 8.02. The second-order valence-electron chi connectivity index (χ2n) is 6.63. The topological polar surface area (TPSA) is 127 Å². The van der Waals surface area contributed by atoms with Crippen LogP contribution >= 0.6 is 23.2 Å². The third-order valence-corrected chi connectivity index (χ3v) is 5.55. The number of hydrogen-bond donors (Lipinski definition) is 3. The number of halogens is 2. The Bertz CT molecular complexity index is 1000. The van der Waals surface area contributed by atoms with Gasteiger partial charge in [0.15, 0.2) is 0 Å². The molecule has 2 heterocycles. The number of nitrogens with one attached hydrogen (secondary N) is 2. The number of urea groups is 1. The van der Waals surface area contributed by atoms with Crippen LogP contribution in [0.15, 0.2) is 18.2 Å². The number of imide groups is 2. The Hall–Kier alpha value is -2.62. The van der Waals surface area contributed by atoms with Gasteiger partial charge in [0.2, 0.25) is 11.8 Å². The van der Waals surface area contributed by atoms with Crippen molar-refractivity contribution in [2.24, 2.45) is 5.92 Å². The molecule has 1 saturated heterocycles. The standard InChI is InChI=1S/C18H18Cl2N4O5/c1-8-9(2)24(29)17(23(8)5-6-25)13(11-4-3-10(19)7-12(11)20)14-15(26)21-18(28)22-16(14)27/h3-4,7,13-14,25H,5-6H2,1-2H3,(H2,21,22,26,27,28)/t13-/m0/s1. The van der Waals surface area contributed by atoms with Crippen LogP contribution in [-0.2, 0) is 16.1 Å². The third kappa shape index (κ3) is 3.68. The molecule has 0 bridgehead atoms. The molecule has 4 amide bonds. The fourth-order valence-corrected chi connectivity index (χ4v) is 4.05. The molecule has 9 nitrogen and oxygen atoms in total. The molecule has 0 aliphatic carbocycles. The van der Waals surface area contributed by atoms with Crippen molar-refractivity contribution >= 4 is 41.0 Å². The number of imidazole rings is 1. The van der Waals surface area contributed by atoms with E-state index in [1.54, 1.807) is 13.8 Å². The van der Waals surface area contributed by atoms with Crippen molar-refractivity contribution in [1.82, 2.24) is 15.2 Å². The van der Waals surface area contributed by atoms with Crippen molar-refractivity contribution in [2.75, 3.05) is 6.61 Å². The van der Waals surface area contributed by atoms with E-state index in [9.17, 15) is 24.7 Å². The van der Waals surface area contributed by atoms with Crippen LogP contribution < -0.4 is 15.4 Å². The van der Waals surface area contributed by atoms with Gasteiger partial charge in [0.1, 0.15) is 29.8 Å². The molecule has 3 rings (SSSR count). The Morgan fingerprint density at radius 3 is 2.38 bits per heavy atom. The van der Waals surface area contributed by atoms with E-state index in [1.165, 1.54) is 22.8 Å². The number of aliphatic hydroxyl groups is 1. The maximum absolute atomic E-state index is 13.0. The van der Waals surface area contributed by atoms with Crippen molar-refractivity contribution in [3.63, 3.8) is 0 Å². The molecule has 1 aromatic heterocycles. The lowest BCUT2D eigenvalue weighted by Gasteiger charge is -2.28. The lowest BCUT2D eigenvalue weighted by Crippen LogP contribution is -2.58.